The van der Waals surface area contributed by atoms with Crippen LogP contribution in [0.1, 0.15) is 10.4 Å². The van der Waals surface area contributed by atoms with E-state index in [0.717, 1.165) is 4.90 Å². The smallest absolute Gasteiger partial charge is 0.256 e. The molecule has 1 amide bonds. The zero-order valence-corrected chi connectivity index (χ0v) is 9.61. The summed E-state index contributed by atoms with van der Waals surface area (Å²) in [6.07, 6.45) is -2.57. The minimum Gasteiger partial charge on any atom is -0.495 e. The fraction of sp³-hybridized carbons (Fsp3) is 0.364. The van der Waals surface area contributed by atoms with Gasteiger partial charge in [0, 0.05) is 7.05 Å². The molecule has 0 atom stereocenters. The highest BCUT2D eigenvalue weighted by Gasteiger charge is 2.19. The number of methoxy groups -OCH3 is 1. The molecular formula is C11H14F2N2O2. The molecule has 0 saturated carbocycles. The van der Waals surface area contributed by atoms with Gasteiger partial charge in [0.05, 0.1) is 24.9 Å². The second kappa shape index (κ2) is 5.47. The number of rotatable bonds is 4. The molecule has 1 rings (SSSR count). The Morgan fingerprint density at radius 2 is 2.18 bits per heavy atom. The molecule has 94 valence electrons. The van der Waals surface area contributed by atoms with E-state index in [4.69, 9.17) is 10.5 Å². The molecular weight excluding hydrogens is 230 g/mol. The number of nitrogen functional groups attached to an aromatic ring is 1. The summed E-state index contributed by atoms with van der Waals surface area (Å²) in [7, 11) is 2.72. The first-order chi connectivity index (χ1) is 7.97. The van der Waals surface area contributed by atoms with E-state index in [1.54, 1.807) is 12.1 Å². The number of nitrogens with two attached hydrogens (primary N) is 1. The standard InChI is InChI=1S/C11H14F2N2O2/c1-15(6-9(12)13)11(16)7-4-3-5-8(17-2)10(7)14/h3-5,9H,6,14H2,1-2H3. The summed E-state index contributed by atoms with van der Waals surface area (Å²) in [5, 5.41) is 0. The van der Waals surface area contributed by atoms with E-state index < -0.39 is 18.9 Å². The van der Waals surface area contributed by atoms with Gasteiger partial charge in [0.15, 0.2) is 0 Å². The average molecular weight is 244 g/mol. The predicted octanol–water partition coefficient (Wildman–Crippen LogP) is 1.61. The van der Waals surface area contributed by atoms with Gasteiger partial charge in [0.25, 0.3) is 12.3 Å². The summed E-state index contributed by atoms with van der Waals surface area (Å²) in [4.78, 5) is 12.8. The van der Waals surface area contributed by atoms with Crippen molar-refractivity contribution >= 4 is 11.6 Å². The lowest BCUT2D eigenvalue weighted by Crippen LogP contribution is -2.31. The zero-order chi connectivity index (χ0) is 13.0. The first-order valence-electron chi connectivity index (χ1n) is 4.93. The van der Waals surface area contributed by atoms with Gasteiger partial charge in [-0.15, -0.1) is 0 Å². The number of hydrogen-bond acceptors (Lipinski definition) is 3. The summed E-state index contributed by atoms with van der Waals surface area (Å²) >= 11 is 0. The van der Waals surface area contributed by atoms with Crippen LogP contribution in [0.4, 0.5) is 14.5 Å². The Labute approximate surface area is 98.0 Å². The van der Waals surface area contributed by atoms with Gasteiger partial charge in [-0.25, -0.2) is 8.78 Å². The van der Waals surface area contributed by atoms with Crippen LogP contribution in [0, 0.1) is 0 Å². The Kier molecular flexibility index (Phi) is 4.25. The Hall–Kier alpha value is -1.85. The van der Waals surface area contributed by atoms with Crippen LogP contribution in [-0.4, -0.2) is 37.9 Å². The number of hydrogen-bond donors (Lipinski definition) is 1. The van der Waals surface area contributed by atoms with E-state index in [-0.39, 0.29) is 11.3 Å². The summed E-state index contributed by atoms with van der Waals surface area (Å²) < 4.78 is 29.3. The molecule has 0 heterocycles. The molecule has 0 aliphatic rings. The van der Waals surface area contributed by atoms with Gasteiger partial charge in [0.1, 0.15) is 5.75 Å². The summed E-state index contributed by atoms with van der Waals surface area (Å²) in [6.45, 7) is -0.629. The van der Waals surface area contributed by atoms with Gasteiger partial charge in [-0.05, 0) is 12.1 Å². The molecule has 2 N–H and O–H groups in total. The van der Waals surface area contributed by atoms with Crippen LogP contribution in [0.25, 0.3) is 0 Å². The molecule has 0 aromatic heterocycles. The highest BCUT2D eigenvalue weighted by molar-refractivity contribution is 6.00. The predicted molar refractivity (Wildman–Crippen MR) is 60.4 cm³/mol. The second-order valence-corrected chi connectivity index (χ2v) is 3.50. The highest BCUT2D eigenvalue weighted by atomic mass is 19.3. The monoisotopic (exact) mass is 244 g/mol. The van der Waals surface area contributed by atoms with Crippen molar-refractivity contribution in [2.24, 2.45) is 0 Å². The van der Waals surface area contributed by atoms with Crippen LogP contribution in [0.3, 0.4) is 0 Å². The van der Waals surface area contributed by atoms with Gasteiger partial charge in [-0.1, -0.05) is 6.07 Å². The van der Waals surface area contributed by atoms with Gasteiger partial charge in [-0.2, -0.15) is 0 Å². The fourth-order valence-corrected chi connectivity index (χ4v) is 1.40. The molecule has 4 nitrogen and oxygen atoms in total. The number of nitrogens with zero attached hydrogens (tertiary/aromatic N) is 1. The number of alkyl halides is 2. The molecule has 0 aliphatic heterocycles. The fourth-order valence-electron chi connectivity index (χ4n) is 1.40. The number of benzene rings is 1. The molecule has 0 bridgehead atoms. The first kappa shape index (κ1) is 13.2. The van der Waals surface area contributed by atoms with Crippen LogP contribution < -0.4 is 10.5 Å². The van der Waals surface area contributed by atoms with Crippen LogP contribution in [0.15, 0.2) is 18.2 Å². The van der Waals surface area contributed by atoms with Gasteiger partial charge in [0.2, 0.25) is 0 Å². The number of carbonyl (C=O) groups excluding carboxylic acids is 1. The number of carbonyl (C=O) groups is 1. The zero-order valence-electron chi connectivity index (χ0n) is 9.61. The summed E-state index contributed by atoms with van der Waals surface area (Å²) in [5.74, 6) is -0.206. The lowest BCUT2D eigenvalue weighted by Gasteiger charge is -2.18. The van der Waals surface area contributed by atoms with Crippen molar-refractivity contribution in [1.82, 2.24) is 4.90 Å². The molecule has 0 spiro atoms. The maximum Gasteiger partial charge on any atom is 0.256 e. The molecule has 0 unspecified atom stereocenters. The third-order valence-corrected chi connectivity index (χ3v) is 2.28. The van der Waals surface area contributed by atoms with Gasteiger partial charge in [-0.3, -0.25) is 4.79 Å². The lowest BCUT2D eigenvalue weighted by molar-refractivity contribution is 0.0621. The normalized spacial score (nSPS) is 10.4. The first-order valence-corrected chi connectivity index (χ1v) is 4.93. The minimum atomic E-state index is -2.57. The van der Waals surface area contributed by atoms with Crippen LogP contribution in [0.2, 0.25) is 0 Å². The summed E-state index contributed by atoms with van der Waals surface area (Å²) in [5.41, 5.74) is 6.02. The third-order valence-electron chi connectivity index (χ3n) is 2.28. The third kappa shape index (κ3) is 3.05. The van der Waals surface area contributed by atoms with Gasteiger partial charge < -0.3 is 15.4 Å². The van der Waals surface area contributed by atoms with E-state index in [9.17, 15) is 13.6 Å². The van der Waals surface area contributed by atoms with Crippen molar-refractivity contribution < 1.29 is 18.3 Å². The molecule has 0 radical (unpaired) electrons. The Morgan fingerprint density at radius 3 is 2.71 bits per heavy atom. The number of para-hydroxylation sites is 1. The Balaban J connectivity index is 2.96. The van der Waals surface area contributed by atoms with Crippen molar-refractivity contribution in [3.63, 3.8) is 0 Å². The van der Waals surface area contributed by atoms with Crippen molar-refractivity contribution in [2.75, 3.05) is 26.4 Å². The number of anilines is 1. The van der Waals surface area contributed by atoms with Crippen molar-refractivity contribution in [3.05, 3.63) is 23.8 Å². The molecule has 0 fully saturated rings. The van der Waals surface area contributed by atoms with Crippen LogP contribution in [-0.2, 0) is 0 Å². The SMILES string of the molecule is COc1cccc(C(=O)N(C)CC(F)F)c1N. The van der Waals surface area contributed by atoms with Crippen LogP contribution >= 0.6 is 0 Å². The van der Waals surface area contributed by atoms with E-state index in [1.165, 1.54) is 20.2 Å². The topological polar surface area (TPSA) is 55.6 Å². The minimum absolute atomic E-state index is 0.154. The largest absolute Gasteiger partial charge is 0.495 e. The maximum atomic E-state index is 12.2. The molecule has 17 heavy (non-hydrogen) atoms. The van der Waals surface area contributed by atoms with E-state index >= 15 is 0 Å². The molecule has 0 saturated heterocycles. The maximum absolute atomic E-state index is 12.2. The Morgan fingerprint density at radius 1 is 1.53 bits per heavy atom. The molecule has 0 aliphatic carbocycles. The van der Waals surface area contributed by atoms with Crippen molar-refractivity contribution in [2.45, 2.75) is 6.43 Å². The highest BCUT2D eigenvalue weighted by Crippen LogP contribution is 2.25. The van der Waals surface area contributed by atoms with Gasteiger partial charge >= 0.3 is 0 Å². The van der Waals surface area contributed by atoms with E-state index in [1.807, 2.05) is 0 Å². The molecule has 1 aromatic rings. The number of ether oxygens (including phenoxy) is 1. The van der Waals surface area contributed by atoms with Crippen molar-refractivity contribution in [1.29, 1.82) is 0 Å². The lowest BCUT2D eigenvalue weighted by atomic mass is 10.1. The quantitative estimate of drug-likeness (QED) is 0.819. The second-order valence-electron chi connectivity index (χ2n) is 3.50. The number of amides is 1. The summed E-state index contributed by atoms with van der Waals surface area (Å²) in [6, 6.07) is 4.65. The van der Waals surface area contributed by atoms with Crippen molar-refractivity contribution in [3.8, 4) is 5.75 Å². The van der Waals surface area contributed by atoms with Crippen LogP contribution in [0.5, 0.6) is 5.75 Å². The van der Waals surface area contributed by atoms with E-state index in [0.29, 0.717) is 5.75 Å². The number of halogens is 2. The average Bonchev–Trinajstić information content (AvgIpc) is 2.27. The van der Waals surface area contributed by atoms with E-state index in [2.05, 4.69) is 0 Å². The molecule has 6 heteroatoms. The Bertz CT molecular complexity index is 410. The molecule has 1 aromatic carbocycles.